The number of thiazole rings is 1. The van der Waals surface area contributed by atoms with Crippen molar-refractivity contribution < 1.29 is 21.6 Å². The maximum Gasteiger partial charge on any atom is 0.501 e. The summed E-state index contributed by atoms with van der Waals surface area (Å²) in [5, 5.41) is 3.53. The van der Waals surface area contributed by atoms with Gasteiger partial charge >= 0.3 is 5.51 Å². The summed E-state index contributed by atoms with van der Waals surface area (Å²) in [6, 6.07) is 4.95. The van der Waals surface area contributed by atoms with Crippen molar-refractivity contribution in [1.29, 1.82) is 0 Å². The highest BCUT2D eigenvalue weighted by Crippen LogP contribution is 2.34. The third kappa shape index (κ3) is 3.35. The van der Waals surface area contributed by atoms with Crippen molar-refractivity contribution in [2.45, 2.75) is 23.9 Å². The SMILES string of the molecule is Cc1ncc(CNc2ccccc2S(=O)(=O)C(F)(F)F)s1. The van der Waals surface area contributed by atoms with E-state index < -0.39 is 20.2 Å². The van der Waals surface area contributed by atoms with Crippen LogP contribution in [0.1, 0.15) is 9.88 Å². The number of para-hydroxylation sites is 1. The predicted octanol–water partition coefficient (Wildman–Crippen LogP) is 3.36. The number of hydrogen-bond donors (Lipinski definition) is 1. The Balaban J connectivity index is 2.30. The zero-order chi connectivity index (χ0) is 15.7. The van der Waals surface area contributed by atoms with Crippen LogP contribution in [0.2, 0.25) is 0 Å². The summed E-state index contributed by atoms with van der Waals surface area (Å²) in [6.07, 6.45) is 1.59. The van der Waals surface area contributed by atoms with Crippen LogP contribution in [-0.4, -0.2) is 18.9 Å². The van der Waals surface area contributed by atoms with Gasteiger partial charge in [0.2, 0.25) is 0 Å². The Kier molecular flexibility index (Phi) is 4.24. The van der Waals surface area contributed by atoms with E-state index in [0.717, 1.165) is 16.0 Å². The van der Waals surface area contributed by atoms with Crippen LogP contribution >= 0.6 is 11.3 Å². The van der Waals surface area contributed by atoms with E-state index >= 15 is 0 Å². The van der Waals surface area contributed by atoms with E-state index in [-0.39, 0.29) is 12.2 Å². The van der Waals surface area contributed by atoms with Crippen LogP contribution in [0.3, 0.4) is 0 Å². The molecule has 21 heavy (non-hydrogen) atoms. The van der Waals surface area contributed by atoms with E-state index in [2.05, 4.69) is 10.3 Å². The second-order valence-electron chi connectivity index (χ2n) is 4.14. The number of halogens is 3. The summed E-state index contributed by atoms with van der Waals surface area (Å²) >= 11 is 1.38. The van der Waals surface area contributed by atoms with Crippen molar-refractivity contribution >= 4 is 26.9 Å². The summed E-state index contributed by atoms with van der Waals surface area (Å²) in [7, 11) is -5.38. The third-order valence-electron chi connectivity index (χ3n) is 2.60. The molecule has 2 rings (SSSR count). The van der Waals surface area contributed by atoms with Crippen LogP contribution in [0.4, 0.5) is 18.9 Å². The van der Waals surface area contributed by atoms with Crippen LogP contribution in [0.15, 0.2) is 35.4 Å². The molecule has 0 atom stereocenters. The predicted molar refractivity (Wildman–Crippen MR) is 73.9 cm³/mol. The average Bonchev–Trinajstić information content (AvgIpc) is 2.81. The first-order valence-corrected chi connectivity index (χ1v) is 8.07. The first-order valence-electron chi connectivity index (χ1n) is 5.77. The van der Waals surface area contributed by atoms with Gasteiger partial charge in [0.1, 0.15) is 0 Å². The van der Waals surface area contributed by atoms with Crippen molar-refractivity contribution in [3.63, 3.8) is 0 Å². The molecule has 1 aromatic heterocycles. The zero-order valence-electron chi connectivity index (χ0n) is 10.8. The highest BCUT2D eigenvalue weighted by Gasteiger charge is 2.47. The van der Waals surface area contributed by atoms with E-state index in [1.165, 1.54) is 29.5 Å². The molecule has 1 heterocycles. The van der Waals surface area contributed by atoms with Gasteiger partial charge in [-0.1, -0.05) is 12.1 Å². The van der Waals surface area contributed by atoms with Crippen LogP contribution in [0.5, 0.6) is 0 Å². The van der Waals surface area contributed by atoms with Crippen LogP contribution in [0.25, 0.3) is 0 Å². The molecule has 0 radical (unpaired) electrons. The number of benzene rings is 1. The minimum atomic E-state index is -5.38. The minimum Gasteiger partial charge on any atom is -0.379 e. The van der Waals surface area contributed by atoms with Crippen LogP contribution in [0, 0.1) is 6.92 Å². The lowest BCUT2D eigenvalue weighted by atomic mass is 10.3. The Hall–Kier alpha value is -1.61. The molecule has 0 spiro atoms. The minimum absolute atomic E-state index is 0.0825. The molecule has 1 aromatic carbocycles. The van der Waals surface area contributed by atoms with Gasteiger partial charge in [-0.2, -0.15) is 13.2 Å². The molecule has 0 aliphatic heterocycles. The molecule has 0 unspecified atom stereocenters. The summed E-state index contributed by atoms with van der Waals surface area (Å²) in [5.74, 6) is 0. The van der Waals surface area contributed by atoms with Gasteiger partial charge in [-0.25, -0.2) is 13.4 Å². The maximum absolute atomic E-state index is 12.6. The number of aromatic nitrogens is 1. The number of hydrogen-bond acceptors (Lipinski definition) is 5. The number of anilines is 1. The molecule has 0 saturated heterocycles. The molecule has 9 heteroatoms. The lowest BCUT2D eigenvalue weighted by molar-refractivity contribution is -0.0435. The smallest absolute Gasteiger partial charge is 0.379 e. The largest absolute Gasteiger partial charge is 0.501 e. The fraction of sp³-hybridized carbons (Fsp3) is 0.250. The highest BCUT2D eigenvalue weighted by atomic mass is 32.2. The number of nitrogens with zero attached hydrogens (tertiary/aromatic N) is 1. The summed E-state index contributed by atoms with van der Waals surface area (Å²) in [5.41, 5.74) is -5.41. The van der Waals surface area contributed by atoms with Gasteiger partial charge in [-0.15, -0.1) is 11.3 Å². The summed E-state index contributed by atoms with van der Waals surface area (Å²) in [4.78, 5) is 4.04. The molecule has 1 N–H and O–H groups in total. The van der Waals surface area contributed by atoms with E-state index in [1.807, 2.05) is 0 Å². The molecular formula is C12H11F3N2O2S2. The standard InChI is InChI=1S/C12H11F3N2O2S2/c1-8-16-6-9(20-8)7-17-10-4-2-3-5-11(10)21(18,19)12(13,14)15/h2-6,17H,7H2,1H3. The van der Waals surface area contributed by atoms with Gasteiger partial charge < -0.3 is 5.32 Å². The fourth-order valence-corrected chi connectivity index (χ4v) is 3.31. The molecule has 0 saturated carbocycles. The number of rotatable bonds is 4. The molecule has 114 valence electrons. The molecule has 0 fully saturated rings. The average molecular weight is 336 g/mol. The number of alkyl halides is 3. The fourth-order valence-electron chi connectivity index (χ4n) is 1.64. The summed E-state index contributed by atoms with van der Waals surface area (Å²) < 4.78 is 61.0. The second-order valence-corrected chi connectivity index (χ2v) is 7.37. The van der Waals surface area contributed by atoms with Crippen molar-refractivity contribution in [2.75, 3.05) is 5.32 Å². The first kappa shape index (κ1) is 15.8. The van der Waals surface area contributed by atoms with Gasteiger partial charge in [0.25, 0.3) is 9.84 Å². The summed E-state index contributed by atoms with van der Waals surface area (Å²) in [6.45, 7) is 2.01. The van der Waals surface area contributed by atoms with Crippen LogP contribution < -0.4 is 5.32 Å². The second kappa shape index (κ2) is 5.64. The van der Waals surface area contributed by atoms with Gasteiger partial charge in [0, 0.05) is 11.1 Å². The van der Waals surface area contributed by atoms with E-state index in [4.69, 9.17) is 0 Å². The quantitative estimate of drug-likeness (QED) is 0.930. The first-order chi connectivity index (χ1) is 9.72. The third-order valence-corrected chi connectivity index (χ3v) is 5.06. The van der Waals surface area contributed by atoms with Crippen molar-refractivity contribution in [1.82, 2.24) is 4.98 Å². The topological polar surface area (TPSA) is 59.1 Å². The van der Waals surface area contributed by atoms with E-state index in [9.17, 15) is 21.6 Å². The lowest BCUT2D eigenvalue weighted by Crippen LogP contribution is -2.24. The van der Waals surface area contributed by atoms with Gasteiger partial charge in [-0.3, -0.25) is 0 Å². The maximum atomic E-state index is 12.6. The van der Waals surface area contributed by atoms with E-state index in [0.29, 0.717) is 0 Å². The molecule has 0 aliphatic rings. The molecular weight excluding hydrogens is 325 g/mol. The molecule has 0 bridgehead atoms. The Bertz CT molecular complexity index is 739. The Labute approximate surface area is 123 Å². The number of nitrogens with one attached hydrogen (secondary N) is 1. The van der Waals surface area contributed by atoms with Gasteiger partial charge in [-0.05, 0) is 19.1 Å². The van der Waals surface area contributed by atoms with E-state index in [1.54, 1.807) is 13.1 Å². The molecule has 0 amide bonds. The van der Waals surface area contributed by atoms with Gasteiger partial charge in [0.05, 0.1) is 22.1 Å². The van der Waals surface area contributed by atoms with Crippen LogP contribution in [-0.2, 0) is 16.4 Å². The Morgan fingerprint density at radius 3 is 2.52 bits per heavy atom. The van der Waals surface area contributed by atoms with Crippen molar-refractivity contribution in [3.05, 3.63) is 40.3 Å². The van der Waals surface area contributed by atoms with Crippen molar-refractivity contribution in [3.8, 4) is 0 Å². The molecule has 2 aromatic rings. The van der Waals surface area contributed by atoms with Gasteiger partial charge in [0.15, 0.2) is 0 Å². The number of aryl methyl sites for hydroxylation is 1. The highest BCUT2D eigenvalue weighted by molar-refractivity contribution is 7.92. The Morgan fingerprint density at radius 2 is 1.95 bits per heavy atom. The zero-order valence-corrected chi connectivity index (χ0v) is 12.4. The normalized spacial score (nSPS) is 12.4. The van der Waals surface area contributed by atoms with Crippen molar-refractivity contribution in [2.24, 2.45) is 0 Å². The number of sulfone groups is 1. The monoisotopic (exact) mass is 336 g/mol. The Morgan fingerprint density at radius 1 is 1.29 bits per heavy atom. The molecule has 4 nitrogen and oxygen atoms in total. The molecule has 0 aliphatic carbocycles. The lowest BCUT2D eigenvalue weighted by Gasteiger charge is -2.13.